The number of nitrogens with zero attached hydrogens (tertiary/aromatic N) is 2. The molecule has 0 aromatic heterocycles. The maximum absolute atomic E-state index is 11.5. The molecular weight excluding hydrogens is 236 g/mol. The molecule has 1 aromatic rings. The van der Waals surface area contributed by atoms with Gasteiger partial charge in [0.25, 0.3) is 5.69 Å². The van der Waals surface area contributed by atoms with Crippen LogP contribution in [0.1, 0.15) is 18.4 Å². The second-order valence-electron chi connectivity index (χ2n) is 4.17. The van der Waals surface area contributed by atoms with Crippen molar-refractivity contribution in [1.82, 2.24) is 4.90 Å². The number of carbonyl (C=O) groups excluding carboxylic acids is 1. The fraction of sp³-hybridized carbons (Fsp3) is 0.417. The summed E-state index contributed by atoms with van der Waals surface area (Å²) >= 11 is 0. The Morgan fingerprint density at radius 3 is 2.83 bits per heavy atom. The molecule has 0 bridgehead atoms. The molecule has 2 rings (SSSR count). The van der Waals surface area contributed by atoms with Crippen molar-refractivity contribution in [1.29, 1.82) is 0 Å². The number of hydrogen-bond donors (Lipinski definition) is 0. The topological polar surface area (TPSA) is 72.7 Å². The van der Waals surface area contributed by atoms with E-state index in [-0.39, 0.29) is 11.6 Å². The van der Waals surface area contributed by atoms with Gasteiger partial charge in [-0.05, 0) is 12.5 Å². The van der Waals surface area contributed by atoms with Gasteiger partial charge in [-0.15, -0.1) is 0 Å². The highest BCUT2D eigenvalue weighted by molar-refractivity contribution is 5.78. The molecule has 1 aliphatic heterocycles. The van der Waals surface area contributed by atoms with Crippen LogP contribution in [0.3, 0.4) is 0 Å². The molecule has 1 aliphatic rings. The van der Waals surface area contributed by atoms with Gasteiger partial charge >= 0.3 is 0 Å². The molecule has 0 N–H and O–H groups in total. The first-order valence-corrected chi connectivity index (χ1v) is 5.71. The van der Waals surface area contributed by atoms with Crippen LogP contribution in [-0.2, 0) is 11.3 Å². The number of carbonyl (C=O) groups is 1. The first kappa shape index (κ1) is 12.3. The van der Waals surface area contributed by atoms with Crippen molar-refractivity contribution in [3.05, 3.63) is 33.9 Å². The number of nitro benzene ring substituents is 1. The summed E-state index contributed by atoms with van der Waals surface area (Å²) in [6.07, 6.45) is 1.40. The lowest BCUT2D eigenvalue weighted by Crippen LogP contribution is -2.24. The average Bonchev–Trinajstić information content (AvgIpc) is 2.75. The number of hydrogen-bond acceptors (Lipinski definition) is 4. The van der Waals surface area contributed by atoms with Crippen LogP contribution >= 0.6 is 0 Å². The molecule has 0 saturated carbocycles. The second-order valence-corrected chi connectivity index (χ2v) is 4.17. The average molecular weight is 250 g/mol. The number of non-ortho nitro benzene ring substituents is 1. The lowest BCUT2D eigenvalue weighted by molar-refractivity contribution is -0.384. The Morgan fingerprint density at radius 2 is 2.28 bits per heavy atom. The molecular formula is C12H14N2O4. The van der Waals surface area contributed by atoms with Crippen LogP contribution in [0.5, 0.6) is 5.75 Å². The standard InChI is InChI=1S/C12H14N2O4/c1-18-11-5-4-10(14(16)17)7-9(11)8-13-6-2-3-12(13)15/h4-5,7H,2-3,6,8H2,1H3. The highest BCUT2D eigenvalue weighted by Gasteiger charge is 2.22. The molecule has 0 atom stereocenters. The van der Waals surface area contributed by atoms with Crippen molar-refractivity contribution in [2.24, 2.45) is 0 Å². The highest BCUT2D eigenvalue weighted by atomic mass is 16.6. The van der Waals surface area contributed by atoms with Crippen LogP contribution in [0, 0.1) is 10.1 Å². The van der Waals surface area contributed by atoms with Gasteiger partial charge in [-0.2, -0.15) is 0 Å². The van der Waals surface area contributed by atoms with E-state index in [1.807, 2.05) is 0 Å². The predicted molar refractivity (Wildman–Crippen MR) is 64.3 cm³/mol. The van der Waals surface area contributed by atoms with Crippen LogP contribution in [0.25, 0.3) is 0 Å². The number of ether oxygens (including phenoxy) is 1. The minimum atomic E-state index is -0.450. The zero-order chi connectivity index (χ0) is 13.1. The molecule has 1 amide bonds. The van der Waals surface area contributed by atoms with Gasteiger partial charge in [0.15, 0.2) is 0 Å². The Hall–Kier alpha value is -2.11. The van der Waals surface area contributed by atoms with Gasteiger partial charge in [-0.25, -0.2) is 0 Å². The third-order valence-corrected chi connectivity index (χ3v) is 3.01. The lowest BCUT2D eigenvalue weighted by atomic mass is 10.1. The summed E-state index contributed by atoms with van der Waals surface area (Å²) in [6, 6.07) is 4.42. The van der Waals surface area contributed by atoms with Gasteiger partial charge in [-0.1, -0.05) is 0 Å². The number of likely N-dealkylation sites (tertiary alicyclic amines) is 1. The smallest absolute Gasteiger partial charge is 0.270 e. The Bertz CT molecular complexity index is 487. The molecule has 18 heavy (non-hydrogen) atoms. The van der Waals surface area contributed by atoms with Gasteiger partial charge in [0.1, 0.15) is 5.75 Å². The fourth-order valence-electron chi connectivity index (χ4n) is 2.08. The maximum atomic E-state index is 11.5. The quantitative estimate of drug-likeness (QED) is 0.602. The number of nitro groups is 1. The van der Waals surface area contributed by atoms with Crippen molar-refractivity contribution in [2.45, 2.75) is 19.4 Å². The minimum Gasteiger partial charge on any atom is -0.496 e. The molecule has 6 heteroatoms. The van der Waals surface area contributed by atoms with E-state index in [0.29, 0.717) is 30.8 Å². The van der Waals surface area contributed by atoms with Crippen LogP contribution in [0.2, 0.25) is 0 Å². The van der Waals surface area contributed by atoms with Crippen molar-refractivity contribution in [2.75, 3.05) is 13.7 Å². The lowest BCUT2D eigenvalue weighted by Gasteiger charge is -2.17. The number of benzene rings is 1. The monoisotopic (exact) mass is 250 g/mol. The summed E-state index contributed by atoms with van der Waals surface area (Å²) in [5.41, 5.74) is 0.680. The molecule has 1 aromatic carbocycles. The summed E-state index contributed by atoms with van der Waals surface area (Å²) in [5, 5.41) is 10.7. The summed E-state index contributed by atoms with van der Waals surface area (Å²) in [6.45, 7) is 1.06. The Balaban J connectivity index is 2.26. The van der Waals surface area contributed by atoms with E-state index < -0.39 is 4.92 Å². The van der Waals surface area contributed by atoms with Gasteiger partial charge in [0.2, 0.25) is 5.91 Å². The number of amides is 1. The van der Waals surface area contributed by atoms with Crippen molar-refractivity contribution >= 4 is 11.6 Å². The zero-order valence-electron chi connectivity index (χ0n) is 10.1. The molecule has 6 nitrogen and oxygen atoms in total. The SMILES string of the molecule is COc1ccc([N+](=O)[O-])cc1CN1CCCC1=O. The van der Waals surface area contributed by atoms with E-state index in [1.165, 1.54) is 19.2 Å². The molecule has 0 aliphatic carbocycles. The Kier molecular flexibility index (Phi) is 3.45. The van der Waals surface area contributed by atoms with Crippen molar-refractivity contribution in [3.63, 3.8) is 0 Å². The minimum absolute atomic E-state index is 0.0115. The van der Waals surface area contributed by atoms with E-state index in [1.54, 1.807) is 11.0 Å². The molecule has 1 heterocycles. The third kappa shape index (κ3) is 2.42. The van der Waals surface area contributed by atoms with Crippen LogP contribution in [0.15, 0.2) is 18.2 Å². The van der Waals surface area contributed by atoms with Crippen molar-refractivity contribution in [3.8, 4) is 5.75 Å². The summed E-state index contributed by atoms with van der Waals surface area (Å²) < 4.78 is 5.17. The van der Waals surface area contributed by atoms with Crippen LogP contribution < -0.4 is 4.74 Å². The molecule has 1 fully saturated rings. The number of rotatable bonds is 4. The maximum Gasteiger partial charge on any atom is 0.270 e. The van der Waals surface area contributed by atoms with Crippen LogP contribution in [-0.4, -0.2) is 29.4 Å². The van der Waals surface area contributed by atoms with E-state index in [4.69, 9.17) is 4.74 Å². The Morgan fingerprint density at radius 1 is 1.50 bits per heavy atom. The first-order valence-electron chi connectivity index (χ1n) is 5.71. The molecule has 0 unspecified atom stereocenters. The largest absolute Gasteiger partial charge is 0.496 e. The second kappa shape index (κ2) is 5.03. The fourth-order valence-corrected chi connectivity index (χ4v) is 2.08. The van der Waals surface area contributed by atoms with E-state index in [9.17, 15) is 14.9 Å². The normalized spacial score (nSPS) is 14.9. The van der Waals surface area contributed by atoms with Crippen molar-refractivity contribution < 1.29 is 14.5 Å². The van der Waals surface area contributed by atoms with Gasteiger partial charge in [0, 0.05) is 37.2 Å². The zero-order valence-corrected chi connectivity index (χ0v) is 10.1. The van der Waals surface area contributed by atoms with Gasteiger partial charge in [0.05, 0.1) is 12.0 Å². The van der Waals surface area contributed by atoms with E-state index in [2.05, 4.69) is 0 Å². The van der Waals surface area contributed by atoms with Crippen LogP contribution in [0.4, 0.5) is 5.69 Å². The predicted octanol–water partition coefficient (Wildman–Crippen LogP) is 1.73. The van der Waals surface area contributed by atoms with E-state index in [0.717, 1.165) is 6.42 Å². The third-order valence-electron chi connectivity index (χ3n) is 3.01. The summed E-state index contributed by atoms with van der Waals surface area (Å²) in [4.78, 5) is 23.5. The molecule has 0 radical (unpaired) electrons. The summed E-state index contributed by atoms with van der Waals surface area (Å²) in [5.74, 6) is 0.656. The number of methoxy groups -OCH3 is 1. The first-order chi connectivity index (χ1) is 8.61. The Labute approximate surface area is 104 Å². The van der Waals surface area contributed by atoms with E-state index >= 15 is 0 Å². The highest BCUT2D eigenvalue weighted by Crippen LogP contribution is 2.26. The molecule has 96 valence electrons. The van der Waals surface area contributed by atoms with Gasteiger partial charge < -0.3 is 9.64 Å². The molecule has 1 saturated heterocycles. The molecule has 0 spiro atoms. The summed E-state index contributed by atoms with van der Waals surface area (Å²) in [7, 11) is 1.51. The van der Waals surface area contributed by atoms with Gasteiger partial charge in [-0.3, -0.25) is 14.9 Å².